The summed E-state index contributed by atoms with van der Waals surface area (Å²) in [5.41, 5.74) is 10.0. The molecule has 5 nitrogen and oxygen atoms in total. The molecule has 1 fully saturated rings. The summed E-state index contributed by atoms with van der Waals surface area (Å²) in [5.74, 6) is 0. The third kappa shape index (κ3) is 3.87. The molecule has 6 rings (SSSR count). The lowest BCUT2D eigenvalue weighted by molar-refractivity contribution is 0.131. The average Bonchev–Trinajstić information content (AvgIpc) is 3.08. The smallest absolute Gasteiger partial charge is 0.137 e. The predicted octanol–water partition coefficient (Wildman–Crippen LogP) is 5.88. The van der Waals surface area contributed by atoms with Gasteiger partial charge in [0.2, 0.25) is 0 Å². The summed E-state index contributed by atoms with van der Waals surface area (Å²) < 4.78 is 7.89. The van der Waals surface area contributed by atoms with Crippen LogP contribution in [0.3, 0.4) is 0 Å². The van der Waals surface area contributed by atoms with Crippen LogP contribution in [0.2, 0.25) is 0 Å². The number of rotatable bonds is 3. The van der Waals surface area contributed by atoms with E-state index in [2.05, 4.69) is 83.5 Å². The van der Waals surface area contributed by atoms with Crippen molar-refractivity contribution < 1.29 is 4.74 Å². The van der Waals surface area contributed by atoms with Gasteiger partial charge >= 0.3 is 0 Å². The van der Waals surface area contributed by atoms with Gasteiger partial charge in [-0.05, 0) is 73.8 Å². The maximum Gasteiger partial charge on any atom is 0.137 e. The number of fused-ring (bicyclic) bond motifs is 2. The van der Waals surface area contributed by atoms with Gasteiger partial charge in [-0.15, -0.1) is 0 Å². The minimum absolute atomic E-state index is 0.260. The van der Waals surface area contributed by atoms with E-state index >= 15 is 0 Å². The van der Waals surface area contributed by atoms with Gasteiger partial charge in [0.15, 0.2) is 0 Å². The van der Waals surface area contributed by atoms with E-state index in [0.717, 1.165) is 65.2 Å². The quantitative estimate of drug-likeness (QED) is 0.374. The number of hydrogen-bond donors (Lipinski definition) is 1. The molecule has 5 aromatic rings. The van der Waals surface area contributed by atoms with Gasteiger partial charge < -0.3 is 10.1 Å². The summed E-state index contributed by atoms with van der Waals surface area (Å²) in [6.45, 7) is 6.73. The number of imidazole rings is 1. The SMILES string of the molecule is Cc1ccc2nc(C)cc(-c3cnc4cc(-c5ccc(C6COCCCN6)cc5)ccn34)c2c1. The second-order valence-electron chi connectivity index (χ2n) is 9.18. The highest BCUT2D eigenvalue weighted by molar-refractivity contribution is 5.94. The Labute approximate surface area is 199 Å². The molecule has 0 aliphatic carbocycles. The molecule has 3 aromatic heterocycles. The molecule has 1 unspecified atom stereocenters. The number of nitrogens with one attached hydrogen (secondary N) is 1. The van der Waals surface area contributed by atoms with Crippen LogP contribution in [0, 0.1) is 13.8 Å². The fourth-order valence-corrected chi connectivity index (χ4v) is 4.88. The van der Waals surface area contributed by atoms with Crippen LogP contribution in [0.25, 0.3) is 38.9 Å². The lowest BCUT2D eigenvalue weighted by Gasteiger charge is -2.16. The first-order chi connectivity index (χ1) is 16.7. The second kappa shape index (κ2) is 8.67. The zero-order chi connectivity index (χ0) is 23.1. The molecule has 4 heterocycles. The number of aryl methyl sites for hydroxylation is 2. The minimum Gasteiger partial charge on any atom is -0.379 e. The van der Waals surface area contributed by atoms with Crippen molar-refractivity contribution >= 4 is 16.6 Å². The molecule has 1 N–H and O–H groups in total. The number of pyridine rings is 2. The standard InChI is InChI=1S/C29H28N4O/c1-19-4-9-26-24(14-19)25(15-20(2)32-26)28-17-31-29-16-23(10-12-33(28)29)21-5-7-22(8-6-21)27-18-34-13-3-11-30-27/h4-10,12,14-17,27,30H,3,11,13,18H2,1-2H3. The van der Waals surface area contributed by atoms with Crippen molar-refractivity contribution in [2.75, 3.05) is 19.8 Å². The van der Waals surface area contributed by atoms with Gasteiger partial charge in [0.1, 0.15) is 5.65 Å². The lowest BCUT2D eigenvalue weighted by Crippen LogP contribution is -2.23. The van der Waals surface area contributed by atoms with Crippen LogP contribution in [0.5, 0.6) is 0 Å². The van der Waals surface area contributed by atoms with Crippen molar-refractivity contribution in [2.45, 2.75) is 26.3 Å². The minimum atomic E-state index is 0.260. The topological polar surface area (TPSA) is 51.5 Å². The lowest BCUT2D eigenvalue weighted by atomic mass is 10.0. The van der Waals surface area contributed by atoms with E-state index in [0.29, 0.717) is 0 Å². The van der Waals surface area contributed by atoms with Gasteiger partial charge in [-0.1, -0.05) is 35.9 Å². The van der Waals surface area contributed by atoms with Gasteiger partial charge in [0.25, 0.3) is 0 Å². The van der Waals surface area contributed by atoms with Crippen molar-refractivity contribution in [1.82, 2.24) is 19.7 Å². The molecule has 0 spiro atoms. The van der Waals surface area contributed by atoms with Crippen molar-refractivity contribution in [3.8, 4) is 22.4 Å². The molecule has 1 atom stereocenters. The van der Waals surface area contributed by atoms with E-state index < -0.39 is 0 Å². The Morgan fingerprint density at radius 1 is 0.971 bits per heavy atom. The Kier molecular flexibility index (Phi) is 5.36. The maximum atomic E-state index is 5.73. The Morgan fingerprint density at radius 2 is 1.85 bits per heavy atom. The van der Waals surface area contributed by atoms with E-state index in [1.54, 1.807) is 0 Å². The molecule has 1 aliphatic heterocycles. The van der Waals surface area contributed by atoms with Gasteiger partial charge in [0.05, 0.1) is 30.1 Å². The first-order valence-corrected chi connectivity index (χ1v) is 11.9. The van der Waals surface area contributed by atoms with E-state index in [9.17, 15) is 0 Å². The second-order valence-corrected chi connectivity index (χ2v) is 9.18. The molecule has 0 amide bonds. The van der Waals surface area contributed by atoms with Crippen LogP contribution < -0.4 is 5.32 Å². The highest BCUT2D eigenvalue weighted by Gasteiger charge is 2.15. The zero-order valence-electron chi connectivity index (χ0n) is 19.6. The number of nitrogens with zero attached hydrogens (tertiary/aromatic N) is 3. The number of aromatic nitrogens is 3. The first-order valence-electron chi connectivity index (χ1n) is 11.9. The molecule has 1 aliphatic rings. The maximum absolute atomic E-state index is 5.73. The highest BCUT2D eigenvalue weighted by atomic mass is 16.5. The summed E-state index contributed by atoms with van der Waals surface area (Å²) in [5, 5.41) is 4.73. The fourth-order valence-electron chi connectivity index (χ4n) is 4.88. The van der Waals surface area contributed by atoms with E-state index in [4.69, 9.17) is 14.7 Å². The average molecular weight is 449 g/mol. The van der Waals surface area contributed by atoms with Crippen LogP contribution in [0.1, 0.15) is 29.3 Å². The predicted molar refractivity (Wildman–Crippen MR) is 137 cm³/mol. The molecular formula is C29H28N4O. The van der Waals surface area contributed by atoms with Gasteiger partial charge in [-0.25, -0.2) is 4.98 Å². The molecular weight excluding hydrogens is 420 g/mol. The Morgan fingerprint density at radius 3 is 2.74 bits per heavy atom. The molecule has 0 radical (unpaired) electrons. The first kappa shape index (κ1) is 21.0. The van der Waals surface area contributed by atoms with Crippen molar-refractivity contribution in [2.24, 2.45) is 0 Å². The van der Waals surface area contributed by atoms with Gasteiger partial charge in [0, 0.05) is 29.4 Å². The molecule has 34 heavy (non-hydrogen) atoms. The third-order valence-corrected chi connectivity index (χ3v) is 6.67. The van der Waals surface area contributed by atoms with Crippen molar-refractivity contribution in [1.29, 1.82) is 0 Å². The van der Waals surface area contributed by atoms with E-state index in [-0.39, 0.29) is 6.04 Å². The zero-order valence-corrected chi connectivity index (χ0v) is 19.6. The Hall–Kier alpha value is -3.54. The van der Waals surface area contributed by atoms with Gasteiger partial charge in [-0.2, -0.15) is 0 Å². The normalized spacial score (nSPS) is 16.7. The van der Waals surface area contributed by atoms with Crippen molar-refractivity contribution in [3.63, 3.8) is 0 Å². The van der Waals surface area contributed by atoms with E-state index in [1.165, 1.54) is 16.7 Å². The summed E-state index contributed by atoms with van der Waals surface area (Å²) >= 11 is 0. The summed E-state index contributed by atoms with van der Waals surface area (Å²) in [6.07, 6.45) is 5.16. The number of ether oxygens (including phenoxy) is 1. The summed E-state index contributed by atoms with van der Waals surface area (Å²) in [7, 11) is 0. The van der Waals surface area contributed by atoms with Crippen LogP contribution in [-0.4, -0.2) is 34.1 Å². The van der Waals surface area contributed by atoms with Gasteiger partial charge in [-0.3, -0.25) is 9.38 Å². The molecule has 170 valence electrons. The molecule has 0 bridgehead atoms. The molecule has 0 saturated carbocycles. The van der Waals surface area contributed by atoms with Crippen LogP contribution in [0.15, 0.2) is 73.1 Å². The van der Waals surface area contributed by atoms with Crippen LogP contribution >= 0.6 is 0 Å². The number of benzene rings is 2. The molecule has 2 aromatic carbocycles. The number of hydrogen-bond acceptors (Lipinski definition) is 4. The largest absolute Gasteiger partial charge is 0.379 e. The highest BCUT2D eigenvalue weighted by Crippen LogP contribution is 2.31. The molecule has 5 heteroatoms. The summed E-state index contributed by atoms with van der Waals surface area (Å²) in [6, 6.07) is 22.0. The third-order valence-electron chi connectivity index (χ3n) is 6.67. The molecule has 1 saturated heterocycles. The van der Waals surface area contributed by atoms with Crippen LogP contribution in [-0.2, 0) is 4.74 Å². The van der Waals surface area contributed by atoms with Crippen molar-refractivity contribution in [3.05, 3.63) is 89.9 Å². The van der Waals surface area contributed by atoms with Crippen LogP contribution in [0.4, 0.5) is 0 Å². The Balaban J connectivity index is 1.36. The Bertz CT molecular complexity index is 1480. The fraction of sp³-hybridized carbons (Fsp3) is 0.241. The summed E-state index contributed by atoms with van der Waals surface area (Å²) in [4.78, 5) is 9.48. The monoisotopic (exact) mass is 448 g/mol. The van der Waals surface area contributed by atoms with E-state index in [1.807, 2.05) is 13.1 Å².